The topological polar surface area (TPSA) is 67.6 Å². The van der Waals surface area contributed by atoms with E-state index in [1.165, 1.54) is 0 Å². The molecule has 2 heterocycles. The number of aryl methyl sites for hydroxylation is 1. The first-order chi connectivity index (χ1) is 10.0. The Balaban J connectivity index is 1.91. The fourth-order valence-electron chi connectivity index (χ4n) is 2.71. The molecule has 0 aliphatic carbocycles. The van der Waals surface area contributed by atoms with E-state index in [0.717, 1.165) is 38.3 Å². The summed E-state index contributed by atoms with van der Waals surface area (Å²) in [5.41, 5.74) is 1.14. The first-order valence-electron chi connectivity index (χ1n) is 7.59. The summed E-state index contributed by atoms with van der Waals surface area (Å²) in [6, 6.07) is 0.459. The lowest BCUT2D eigenvalue weighted by Crippen LogP contribution is -2.45. The van der Waals surface area contributed by atoms with Crippen molar-refractivity contribution in [3.05, 3.63) is 18.0 Å². The van der Waals surface area contributed by atoms with Crippen LogP contribution in [0.3, 0.4) is 0 Å². The van der Waals surface area contributed by atoms with Crippen LogP contribution in [0.1, 0.15) is 32.3 Å². The first-order valence-corrected chi connectivity index (χ1v) is 7.59. The highest BCUT2D eigenvalue weighted by Crippen LogP contribution is 2.18. The molecule has 0 bridgehead atoms. The summed E-state index contributed by atoms with van der Waals surface area (Å²) in [5.74, 6) is -0.144. The molecule has 6 nitrogen and oxygen atoms in total. The van der Waals surface area contributed by atoms with Crippen LogP contribution in [0.5, 0.6) is 0 Å². The van der Waals surface area contributed by atoms with Gasteiger partial charge in [-0.1, -0.05) is 13.8 Å². The van der Waals surface area contributed by atoms with E-state index in [4.69, 9.17) is 9.84 Å². The molecule has 0 spiro atoms. The van der Waals surface area contributed by atoms with Crippen molar-refractivity contribution < 1.29 is 14.6 Å². The fourth-order valence-corrected chi connectivity index (χ4v) is 2.71. The van der Waals surface area contributed by atoms with Gasteiger partial charge in [-0.25, -0.2) is 0 Å². The fraction of sp³-hybridized carbons (Fsp3) is 0.733. The Hall–Kier alpha value is -1.40. The Bertz CT molecular complexity index is 459. The average Bonchev–Trinajstić information content (AvgIpc) is 2.86. The molecule has 0 saturated carbocycles. The Kier molecular flexibility index (Phi) is 5.76. The highest BCUT2D eigenvalue weighted by molar-refractivity contribution is 5.66. The van der Waals surface area contributed by atoms with Gasteiger partial charge >= 0.3 is 5.97 Å². The third-order valence-electron chi connectivity index (χ3n) is 3.72. The summed E-state index contributed by atoms with van der Waals surface area (Å²) < 4.78 is 7.30. The smallest absolute Gasteiger partial charge is 0.305 e. The zero-order valence-corrected chi connectivity index (χ0v) is 12.9. The zero-order chi connectivity index (χ0) is 15.2. The van der Waals surface area contributed by atoms with Crippen LogP contribution >= 0.6 is 0 Å². The van der Waals surface area contributed by atoms with Gasteiger partial charge in [0, 0.05) is 30.9 Å². The third kappa shape index (κ3) is 5.13. The molecule has 2 rings (SSSR count). The zero-order valence-electron chi connectivity index (χ0n) is 12.9. The Morgan fingerprint density at radius 1 is 1.57 bits per heavy atom. The number of carbonyl (C=O) groups is 1. The van der Waals surface area contributed by atoms with E-state index in [-0.39, 0.29) is 6.42 Å². The highest BCUT2D eigenvalue weighted by Gasteiger charge is 2.24. The molecule has 118 valence electrons. The largest absolute Gasteiger partial charge is 0.481 e. The monoisotopic (exact) mass is 295 g/mol. The molecule has 1 atom stereocenters. The van der Waals surface area contributed by atoms with Gasteiger partial charge in [-0.15, -0.1) is 0 Å². The Morgan fingerprint density at radius 2 is 2.38 bits per heavy atom. The van der Waals surface area contributed by atoms with Gasteiger partial charge in [-0.2, -0.15) is 5.10 Å². The number of morpholine rings is 1. The molecule has 1 aromatic heterocycles. The van der Waals surface area contributed by atoms with Gasteiger partial charge in [0.25, 0.3) is 0 Å². The van der Waals surface area contributed by atoms with Crippen molar-refractivity contribution in [2.45, 2.75) is 45.8 Å². The highest BCUT2D eigenvalue weighted by atomic mass is 16.5. The van der Waals surface area contributed by atoms with E-state index < -0.39 is 5.97 Å². The number of aromatic nitrogens is 2. The van der Waals surface area contributed by atoms with Crippen molar-refractivity contribution in [3.63, 3.8) is 0 Å². The summed E-state index contributed by atoms with van der Waals surface area (Å²) >= 11 is 0. The molecule has 1 saturated heterocycles. The number of rotatable bonds is 7. The van der Waals surface area contributed by atoms with E-state index in [0.29, 0.717) is 18.5 Å². The van der Waals surface area contributed by atoms with Crippen molar-refractivity contribution >= 4 is 5.97 Å². The standard InChI is InChI=1S/C15H25N3O3/c1-12(2)7-14-11-21-6-5-17(14)9-13-8-16-18(10-13)4-3-15(19)20/h8,10,12,14H,3-7,9,11H2,1-2H3,(H,19,20). The summed E-state index contributed by atoms with van der Waals surface area (Å²) in [6.45, 7) is 8.26. The molecule has 1 aromatic rings. The minimum atomic E-state index is -0.794. The maximum atomic E-state index is 10.6. The maximum Gasteiger partial charge on any atom is 0.305 e. The van der Waals surface area contributed by atoms with Crippen LogP contribution in [0.4, 0.5) is 0 Å². The summed E-state index contributed by atoms with van der Waals surface area (Å²) in [6.07, 6.45) is 5.02. The molecular formula is C15H25N3O3. The van der Waals surface area contributed by atoms with Gasteiger partial charge in [0.05, 0.1) is 32.4 Å². The first kappa shape index (κ1) is 16.0. The predicted octanol–water partition coefficient (Wildman–Crippen LogP) is 1.60. The van der Waals surface area contributed by atoms with Crippen LogP contribution in [0.2, 0.25) is 0 Å². The molecule has 1 aliphatic heterocycles. The van der Waals surface area contributed by atoms with Gasteiger partial charge in [-0.05, 0) is 12.3 Å². The quantitative estimate of drug-likeness (QED) is 0.827. The normalized spacial score (nSPS) is 20.0. The van der Waals surface area contributed by atoms with Crippen molar-refractivity contribution in [1.29, 1.82) is 0 Å². The second-order valence-electron chi connectivity index (χ2n) is 6.08. The van der Waals surface area contributed by atoms with Gasteiger partial charge < -0.3 is 9.84 Å². The molecular weight excluding hydrogens is 270 g/mol. The number of carboxylic acids is 1. The molecule has 1 N–H and O–H groups in total. The molecule has 0 amide bonds. The molecule has 1 fully saturated rings. The van der Waals surface area contributed by atoms with Crippen LogP contribution < -0.4 is 0 Å². The number of nitrogens with zero attached hydrogens (tertiary/aromatic N) is 3. The summed E-state index contributed by atoms with van der Waals surface area (Å²) in [4.78, 5) is 13.0. The minimum absolute atomic E-state index is 0.106. The van der Waals surface area contributed by atoms with Crippen LogP contribution in [-0.4, -0.2) is 51.6 Å². The molecule has 1 aliphatic rings. The van der Waals surface area contributed by atoms with Crippen LogP contribution in [0, 0.1) is 5.92 Å². The van der Waals surface area contributed by atoms with E-state index in [1.807, 2.05) is 12.4 Å². The molecule has 0 radical (unpaired) electrons. The van der Waals surface area contributed by atoms with Crippen molar-refractivity contribution in [3.8, 4) is 0 Å². The maximum absolute atomic E-state index is 10.6. The second-order valence-corrected chi connectivity index (χ2v) is 6.08. The van der Waals surface area contributed by atoms with Gasteiger partial charge in [0.1, 0.15) is 0 Å². The van der Waals surface area contributed by atoms with Gasteiger partial charge in [0.15, 0.2) is 0 Å². The van der Waals surface area contributed by atoms with Crippen molar-refractivity contribution in [1.82, 2.24) is 14.7 Å². The molecule has 1 unspecified atom stereocenters. The number of hydrogen-bond donors (Lipinski definition) is 1. The lowest BCUT2D eigenvalue weighted by atomic mass is 10.0. The van der Waals surface area contributed by atoms with Crippen LogP contribution in [0.25, 0.3) is 0 Å². The van der Waals surface area contributed by atoms with Crippen LogP contribution in [-0.2, 0) is 22.6 Å². The van der Waals surface area contributed by atoms with Crippen molar-refractivity contribution in [2.75, 3.05) is 19.8 Å². The molecule has 6 heteroatoms. The Morgan fingerprint density at radius 3 is 3.10 bits per heavy atom. The number of hydrogen-bond acceptors (Lipinski definition) is 4. The summed E-state index contributed by atoms with van der Waals surface area (Å²) in [7, 11) is 0. The average molecular weight is 295 g/mol. The third-order valence-corrected chi connectivity index (χ3v) is 3.72. The second kappa shape index (κ2) is 7.56. The van der Waals surface area contributed by atoms with E-state index in [1.54, 1.807) is 4.68 Å². The minimum Gasteiger partial charge on any atom is -0.481 e. The SMILES string of the molecule is CC(C)CC1COCCN1Cc1cnn(CCC(=O)O)c1. The number of aliphatic carboxylic acids is 1. The lowest BCUT2D eigenvalue weighted by Gasteiger charge is -2.36. The molecule has 21 heavy (non-hydrogen) atoms. The predicted molar refractivity (Wildman–Crippen MR) is 79.0 cm³/mol. The summed E-state index contributed by atoms with van der Waals surface area (Å²) in [5, 5.41) is 12.9. The van der Waals surface area contributed by atoms with E-state index in [2.05, 4.69) is 23.8 Å². The van der Waals surface area contributed by atoms with E-state index >= 15 is 0 Å². The van der Waals surface area contributed by atoms with Crippen molar-refractivity contribution in [2.24, 2.45) is 5.92 Å². The number of carboxylic acid groups (broad SMARTS) is 1. The van der Waals surface area contributed by atoms with Crippen LogP contribution in [0.15, 0.2) is 12.4 Å². The molecule has 0 aromatic carbocycles. The van der Waals surface area contributed by atoms with Gasteiger partial charge in [0.2, 0.25) is 0 Å². The number of ether oxygens (including phenoxy) is 1. The van der Waals surface area contributed by atoms with Gasteiger partial charge in [-0.3, -0.25) is 14.4 Å². The lowest BCUT2D eigenvalue weighted by molar-refractivity contribution is -0.137. The Labute approximate surface area is 125 Å². The van der Waals surface area contributed by atoms with E-state index in [9.17, 15) is 4.79 Å².